The molecular weight excluding hydrogens is 214 g/mol. The summed E-state index contributed by atoms with van der Waals surface area (Å²) in [7, 11) is 0. The minimum atomic E-state index is 0.556. The highest BCUT2D eigenvalue weighted by molar-refractivity contribution is 7.10. The van der Waals surface area contributed by atoms with Crippen LogP contribution in [0.1, 0.15) is 50.5 Å². The molecule has 1 aromatic heterocycles. The van der Waals surface area contributed by atoms with E-state index in [9.17, 15) is 0 Å². The van der Waals surface area contributed by atoms with E-state index in [0.717, 1.165) is 19.0 Å². The summed E-state index contributed by atoms with van der Waals surface area (Å²) in [5.74, 6) is 0. The van der Waals surface area contributed by atoms with Crippen LogP contribution in [0.3, 0.4) is 0 Å². The predicted molar refractivity (Wildman–Crippen MR) is 72.0 cm³/mol. The molecule has 1 atom stereocenters. The van der Waals surface area contributed by atoms with E-state index in [4.69, 9.17) is 0 Å². The lowest BCUT2D eigenvalue weighted by molar-refractivity contribution is 0.364. The standard InChI is InChI=1S/C14H23NS/c1-4-11-6-8-16-13(11)10-15-12-5-7-14(2,3)9-12/h6,8,12,15H,4-5,7,9-10H2,1-3H3. The second-order valence-corrected chi connectivity index (χ2v) is 6.71. The molecule has 2 heteroatoms. The Kier molecular flexibility index (Phi) is 3.70. The molecule has 0 spiro atoms. The van der Waals surface area contributed by atoms with Crippen LogP contribution in [-0.4, -0.2) is 6.04 Å². The lowest BCUT2D eigenvalue weighted by atomic mass is 9.92. The Morgan fingerprint density at radius 2 is 2.31 bits per heavy atom. The lowest BCUT2D eigenvalue weighted by Crippen LogP contribution is -2.26. The predicted octanol–water partition coefficient (Wildman–Crippen LogP) is 3.98. The third-order valence-corrected chi connectivity index (χ3v) is 4.70. The van der Waals surface area contributed by atoms with E-state index in [2.05, 4.69) is 37.5 Å². The van der Waals surface area contributed by atoms with Crippen LogP contribution in [0.25, 0.3) is 0 Å². The van der Waals surface area contributed by atoms with Crippen molar-refractivity contribution in [1.29, 1.82) is 0 Å². The molecule has 1 N–H and O–H groups in total. The smallest absolute Gasteiger partial charge is 0.0305 e. The van der Waals surface area contributed by atoms with Crippen LogP contribution in [0, 0.1) is 5.41 Å². The van der Waals surface area contributed by atoms with Crippen LogP contribution >= 0.6 is 11.3 Å². The summed E-state index contributed by atoms with van der Waals surface area (Å²) in [6.45, 7) is 8.08. The molecule has 1 aliphatic carbocycles. The summed E-state index contributed by atoms with van der Waals surface area (Å²) in [6, 6.07) is 3.00. The molecule has 1 fully saturated rings. The molecule has 0 radical (unpaired) electrons. The fourth-order valence-electron chi connectivity index (χ4n) is 2.68. The first-order chi connectivity index (χ1) is 7.61. The van der Waals surface area contributed by atoms with Crippen molar-refractivity contribution >= 4 is 11.3 Å². The molecule has 1 unspecified atom stereocenters. The molecule has 0 bridgehead atoms. The quantitative estimate of drug-likeness (QED) is 0.835. The average molecular weight is 237 g/mol. The van der Waals surface area contributed by atoms with E-state index in [-0.39, 0.29) is 0 Å². The Morgan fingerprint density at radius 1 is 1.50 bits per heavy atom. The van der Waals surface area contributed by atoms with E-state index in [1.807, 2.05) is 11.3 Å². The number of aryl methyl sites for hydroxylation is 1. The Morgan fingerprint density at radius 3 is 2.94 bits per heavy atom. The highest BCUT2D eigenvalue weighted by Gasteiger charge is 2.30. The fourth-order valence-corrected chi connectivity index (χ4v) is 3.61. The van der Waals surface area contributed by atoms with E-state index < -0.39 is 0 Å². The highest BCUT2D eigenvalue weighted by Crippen LogP contribution is 2.37. The molecule has 1 heterocycles. The number of rotatable bonds is 4. The third-order valence-electron chi connectivity index (χ3n) is 3.74. The molecule has 1 aliphatic rings. The van der Waals surface area contributed by atoms with Crippen molar-refractivity contribution < 1.29 is 0 Å². The first kappa shape index (κ1) is 12.1. The molecular formula is C14H23NS. The van der Waals surface area contributed by atoms with E-state index in [1.165, 1.54) is 29.7 Å². The molecule has 1 nitrogen and oxygen atoms in total. The second-order valence-electron chi connectivity index (χ2n) is 5.71. The average Bonchev–Trinajstić information content (AvgIpc) is 2.81. The maximum absolute atomic E-state index is 3.72. The van der Waals surface area contributed by atoms with Gasteiger partial charge in [-0.2, -0.15) is 0 Å². The zero-order valence-corrected chi connectivity index (χ0v) is 11.5. The summed E-state index contributed by atoms with van der Waals surface area (Å²) < 4.78 is 0. The fraction of sp³-hybridized carbons (Fsp3) is 0.714. The van der Waals surface area contributed by atoms with Gasteiger partial charge in [0.2, 0.25) is 0 Å². The Balaban J connectivity index is 1.84. The van der Waals surface area contributed by atoms with Gasteiger partial charge in [0.25, 0.3) is 0 Å². The number of hydrogen-bond acceptors (Lipinski definition) is 2. The van der Waals surface area contributed by atoms with E-state index >= 15 is 0 Å². The van der Waals surface area contributed by atoms with Crippen molar-refractivity contribution in [3.63, 3.8) is 0 Å². The number of hydrogen-bond donors (Lipinski definition) is 1. The van der Waals surface area contributed by atoms with Gasteiger partial charge in [0.1, 0.15) is 0 Å². The number of thiophene rings is 1. The zero-order valence-electron chi connectivity index (χ0n) is 10.7. The Labute approximate surface area is 103 Å². The second kappa shape index (κ2) is 4.89. The monoisotopic (exact) mass is 237 g/mol. The maximum Gasteiger partial charge on any atom is 0.0305 e. The van der Waals surface area contributed by atoms with Crippen LogP contribution in [-0.2, 0) is 13.0 Å². The highest BCUT2D eigenvalue weighted by atomic mass is 32.1. The van der Waals surface area contributed by atoms with Crippen LogP contribution < -0.4 is 5.32 Å². The van der Waals surface area contributed by atoms with Crippen molar-refractivity contribution in [2.45, 2.75) is 59.0 Å². The van der Waals surface area contributed by atoms with E-state index in [1.54, 1.807) is 0 Å². The normalized spacial score (nSPS) is 23.8. The summed E-state index contributed by atoms with van der Waals surface area (Å²) in [5, 5.41) is 5.94. The van der Waals surface area contributed by atoms with Crippen LogP contribution in [0.2, 0.25) is 0 Å². The van der Waals surface area contributed by atoms with Crippen molar-refractivity contribution in [3.05, 3.63) is 21.9 Å². The summed E-state index contributed by atoms with van der Waals surface area (Å²) >= 11 is 1.89. The summed E-state index contributed by atoms with van der Waals surface area (Å²) in [6.07, 6.45) is 5.21. The molecule has 2 rings (SSSR count). The van der Waals surface area contributed by atoms with Gasteiger partial charge in [0.15, 0.2) is 0 Å². The SMILES string of the molecule is CCc1ccsc1CNC1CCC(C)(C)C1. The summed E-state index contributed by atoms with van der Waals surface area (Å²) in [5.41, 5.74) is 2.08. The zero-order chi connectivity index (χ0) is 11.6. The largest absolute Gasteiger partial charge is 0.309 e. The molecule has 0 aliphatic heterocycles. The molecule has 0 aromatic carbocycles. The number of nitrogens with one attached hydrogen (secondary N) is 1. The molecule has 0 saturated heterocycles. The topological polar surface area (TPSA) is 12.0 Å². The van der Waals surface area contributed by atoms with Crippen molar-refractivity contribution in [1.82, 2.24) is 5.32 Å². The molecule has 1 aromatic rings. The van der Waals surface area contributed by atoms with Gasteiger partial charge in [-0.05, 0) is 48.1 Å². The molecule has 90 valence electrons. The van der Waals surface area contributed by atoms with Crippen molar-refractivity contribution in [2.24, 2.45) is 5.41 Å². The van der Waals surface area contributed by atoms with Crippen LogP contribution in [0.15, 0.2) is 11.4 Å². The van der Waals surface area contributed by atoms with Gasteiger partial charge < -0.3 is 5.32 Å². The van der Waals surface area contributed by atoms with Crippen molar-refractivity contribution in [2.75, 3.05) is 0 Å². The maximum atomic E-state index is 3.72. The molecule has 1 saturated carbocycles. The van der Waals surface area contributed by atoms with Gasteiger partial charge in [-0.1, -0.05) is 20.8 Å². The minimum Gasteiger partial charge on any atom is -0.309 e. The third kappa shape index (κ3) is 2.86. The van der Waals surface area contributed by atoms with Crippen LogP contribution in [0.4, 0.5) is 0 Å². The molecule has 16 heavy (non-hydrogen) atoms. The van der Waals surface area contributed by atoms with Gasteiger partial charge in [-0.25, -0.2) is 0 Å². The van der Waals surface area contributed by atoms with Gasteiger partial charge in [0, 0.05) is 17.5 Å². The molecule has 0 amide bonds. The minimum absolute atomic E-state index is 0.556. The first-order valence-corrected chi connectivity index (χ1v) is 7.27. The Bertz CT molecular complexity index is 340. The summed E-state index contributed by atoms with van der Waals surface area (Å²) in [4.78, 5) is 1.53. The van der Waals surface area contributed by atoms with Gasteiger partial charge in [-0.15, -0.1) is 11.3 Å². The van der Waals surface area contributed by atoms with E-state index in [0.29, 0.717) is 5.41 Å². The first-order valence-electron chi connectivity index (χ1n) is 6.39. The van der Waals surface area contributed by atoms with Gasteiger partial charge >= 0.3 is 0 Å². The van der Waals surface area contributed by atoms with Crippen LogP contribution in [0.5, 0.6) is 0 Å². The van der Waals surface area contributed by atoms with Crippen molar-refractivity contribution in [3.8, 4) is 0 Å². The lowest BCUT2D eigenvalue weighted by Gasteiger charge is -2.17. The van der Waals surface area contributed by atoms with Gasteiger partial charge in [0.05, 0.1) is 0 Å². The Hall–Kier alpha value is -0.340. The van der Waals surface area contributed by atoms with Gasteiger partial charge in [-0.3, -0.25) is 0 Å².